The van der Waals surface area contributed by atoms with Crippen LogP contribution in [0, 0.1) is 0 Å². The van der Waals surface area contributed by atoms with Gasteiger partial charge in [-0.2, -0.15) is 0 Å². The van der Waals surface area contributed by atoms with Crippen molar-refractivity contribution in [3.05, 3.63) is 0 Å². The van der Waals surface area contributed by atoms with Crippen molar-refractivity contribution in [2.75, 3.05) is 27.2 Å². The Labute approximate surface area is 102 Å². The molecule has 16 heavy (non-hydrogen) atoms. The largest absolute Gasteiger partial charge is 0.304 e. The quantitative estimate of drug-likeness (QED) is 0.735. The molecule has 1 amide bonds. The second-order valence-corrected chi connectivity index (χ2v) is 3.78. The molecule has 0 radical (unpaired) electrons. The molecular weight excluding hydrogens is 228 g/mol. The van der Waals surface area contributed by atoms with Gasteiger partial charge in [-0.1, -0.05) is 0 Å². The van der Waals surface area contributed by atoms with Crippen molar-refractivity contribution in [3.63, 3.8) is 0 Å². The van der Waals surface area contributed by atoms with Crippen molar-refractivity contribution < 1.29 is 4.79 Å². The number of nitrogens with zero attached hydrogens (tertiary/aromatic N) is 3. The van der Waals surface area contributed by atoms with E-state index in [0.717, 1.165) is 13.0 Å². The van der Waals surface area contributed by atoms with Gasteiger partial charge in [0, 0.05) is 12.6 Å². The lowest BCUT2D eigenvalue weighted by molar-refractivity contribution is -0.120. The molecule has 1 fully saturated rings. The third-order valence-corrected chi connectivity index (χ3v) is 2.51. The van der Waals surface area contributed by atoms with Gasteiger partial charge < -0.3 is 10.2 Å². The molecule has 6 heteroatoms. The first-order chi connectivity index (χ1) is 7.16. The van der Waals surface area contributed by atoms with Crippen LogP contribution in [-0.4, -0.2) is 56.1 Å². The number of halogens is 1. The molecule has 1 saturated heterocycles. The number of hydrogen-bond acceptors (Lipinski definition) is 4. The number of nitrogens with one attached hydrogen (secondary N) is 1. The summed E-state index contributed by atoms with van der Waals surface area (Å²) in [5, 5.41) is 3.15. The highest BCUT2D eigenvalue weighted by Crippen LogP contribution is 2.12. The number of aliphatic imine (C=N–C) groups is 2. The van der Waals surface area contributed by atoms with Gasteiger partial charge in [0.2, 0.25) is 0 Å². The fourth-order valence-electron chi connectivity index (χ4n) is 1.72. The molecule has 0 aromatic carbocycles. The van der Waals surface area contributed by atoms with Crippen LogP contribution in [0.5, 0.6) is 0 Å². The van der Waals surface area contributed by atoms with E-state index in [1.807, 2.05) is 21.0 Å². The second kappa shape index (κ2) is 7.52. The average Bonchev–Trinajstić information content (AvgIpc) is 2.66. The zero-order valence-corrected chi connectivity index (χ0v) is 10.8. The van der Waals surface area contributed by atoms with E-state index in [1.54, 1.807) is 0 Å². The van der Waals surface area contributed by atoms with Gasteiger partial charge in [-0.15, -0.1) is 17.4 Å². The maximum absolute atomic E-state index is 11.7. The number of likely N-dealkylation sites (N-methyl/N-ethyl adjacent to an activating group) is 1. The highest BCUT2D eigenvalue weighted by atomic mass is 35.5. The molecule has 92 valence electrons. The Morgan fingerprint density at radius 1 is 1.56 bits per heavy atom. The Morgan fingerprint density at radius 3 is 2.81 bits per heavy atom. The van der Waals surface area contributed by atoms with Crippen molar-refractivity contribution in [1.29, 1.82) is 0 Å². The molecule has 1 aliphatic heterocycles. The summed E-state index contributed by atoms with van der Waals surface area (Å²) in [7, 11) is 3.95. The van der Waals surface area contributed by atoms with Crippen LogP contribution < -0.4 is 5.32 Å². The van der Waals surface area contributed by atoms with Crippen molar-refractivity contribution in [1.82, 2.24) is 10.2 Å². The topological polar surface area (TPSA) is 57.1 Å². The predicted molar refractivity (Wildman–Crippen MR) is 66.5 cm³/mol. The van der Waals surface area contributed by atoms with E-state index in [9.17, 15) is 4.79 Å². The number of carbonyl (C=O) groups is 1. The molecule has 1 heterocycles. The fraction of sp³-hybridized carbons (Fsp3) is 0.800. The molecule has 5 nitrogen and oxygen atoms in total. The lowest BCUT2D eigenvalue weighted by atomic mass is 10.1. The zero-order valence-electron chi connectivity index (χ0n) is 9.93. The third kappa shape index (κ3) is 4.02. The van der Waals surface area contributed by atoms with E-state index in [4.69, 9.17) is 0 Å². The lowest BCUT2D eigenvalue weighted by Crippen LogP contribution is -2.44. The van der Waals surface area contributed by atoms with Crippen LogP contribution in [0.15, 0.2) is 9.98 Å². The maximum Gasteiger partial charge on any atom is 0.273 e. The number of carbonyl (C=O) groups excluding carboxylic acids is 1. The van der Waals surface area contributed by atoms with Gasteiger partial charge in [-0.3, -0.25) is 4.79 Å². The summed E-state index contributed by atoms with van der Waals surface area (Å²) in [6, 6.07) is 2.43. The number of amides is 1. The lowest BCUT2D eigenvalue weighted by Gasteiger charge is -2.22. The second-order valence-electron chi connectivity index (χ2n) is 3.78. The van der Waals surface area contributed by atoms with E-state index in [0.29, 0.717) is 6.54 Å². The SMILES string of the molecule is CCN=C=NC(=O)[C@@H]1NCCC1N(C)C.Cl. The molecule has 1 N–H and O–H groups in total. The molecule has 0 aromatic rings. The van der Waals surface area contributed by atoms with E-state index in [1.165, 1.54) is 0 Å². The molecule has 0 spiro atoms. The molecule has 1 unspecified atom stereocenters. The Balaban J connectivity index is 0.00000225. The first-order valence-electron chi connectivity index (χ1n) is 5.22. The van der Waals surface area contributed by atoms with Gasteiger partial charge in [-0.25, -0.2) is 4.99 Å². The first-order valence-corrected chi connectivity index (χ1v) is 5.22. The first kappa shape index (κ1) is 15.3. The van der Waals surface area contributed by atoms with E-state index < -0.39 is 0 Å². The highest BCUT2D eigenvalue weighted by Gasteiger charge is 2.33. The van der Waals surface area contributed by atoms with E-state index >= 15 is 0 Å². The summed E-state index contributed by atoms with van der Waals surface area (Å²) in [6.45, 7) is 3.34. The molecule has 0 aromatic heterocycles. The highest BCUT2D eigenvalue weighted by molar-refractivity contribution is 5.87. The predicted octanol–water partition coefficient (Wildman–Crippen LogP) is 0.421. The minimum absolute atomic E-state index is 0. The molecule has 0 bridgehead atoms. The van der Waals surface area contributed by atoms with Gasteiger partial charge in [0.25, 0.3) is 5.91 Å². The Hall–Kier alpha value is -0.740. The normalized spacial score (nSPS) is 23.5. The zero-order chi connectivity index (χ0) is 11.3. The molecule has 0 aliphatic carbocycles. The fourth-order valence-corrected chi connectivity index (χ4v) is 1.72. The van der Waals surface area contributed by atoms with Crippen LogP contribution in [0.25, 0.3) is 0 Å². The Morgan fingerprint density at radius 2 is 2.25 bits per heavy atom. The maximum atomic E-state index is 11.7. The van der Waals surface area contributed by atoms with Crippen LogP contribution in [0.4, 0.5) is 0 Å². The van der Waals surface area contributed by atoms with Crippen molar-refractivity contribution >= 4 is 24.3 Å². The molecule has 1 rings (SSSR count). The monoisotopic (exact) mass is 246 g/mol. The molecular formula is C10H19ClN4O. The minimum atomic E-state index is -0.209. The summed E-state index contributed by atoms with van der Waals surface area (Å²) < 4.78 is 0. The van der Waals surface area contributed by atoms with Crippen LogP contribution in [0.1, 0.15) is 13.3 Å². The Kier molecular flexibility index (Phi) is 7.17. The van der Waals surface area contributed by atoms with Crippen molar-refractivity contribution in [2.45, 2.75) is 25.4 Å². The van der Waals surface area contributed by atoms with Crippen LogP contribution in [0.3, 0.4) is 0 Å². The summed E-state index contributed by atoms with van der Waals surface area (Å²) in [6.07, 6.45) is 0.976. The number of rotatable bonds is 3. The summed E-state index contributed by atoms with van der Waals surface area (Å²) in [5.74, 6) is -0.177. The van der Waals surface area contributed by atoms with Crippen LogP contribution in [0.2, 0.25) is 0 Å². The van der Waals surface area contributed by atoms with Crippen molar-refractivity contribution in [2.24, 2.45) is 9.98 Å². The summed E-state index contributed by atoms with van der Waals surface area (Å²) in [5.41, 5.74) is 0. The van der Waals surface area contributed by atoms with Gasteiger partial charge in [0.1, 0.15) is 6.04 Å². The Bertz CT molecular complexity index is 287. The van der Waals surface area contributed by atoms with E-state index in [-0.39, 0.29) is 30.4 Å². The smallest absolute Gasteiger partial charge is 0.273 e. The van der Waals surface area contributed by atoms with E-state index in [2.05, 4.69) is 26.2 Å². The molecule has 2 atom stereocenters. The van der Waals surface area contributed by atoms with Crippen molar-refractivity contribution in [3.8, 4) is 0 Å². The minimum Gasteiger partial charge on any atom is -0.304 e. The van der Waals surface area contributed by atoms with Crippen LogP contribution in [-0.2, 0) is 4.79 Å². The van der Waals surface area contributed by atoms with Gasteiger partial charge >= 0.3 is 0 Å². The molecule has 0 saturated carbocycles. The standard InChI is InChI=1S/C10H18N4O.ClH/c1-4-11-7-13-10(15)9-8(14(2)3)5-6-12-9;/h8-9,12H,4-6H2,1-3H3;1H/t8?,9-;/m1./s1. The average molecular weight is 247 g/mol. The van der Waals surface area contributed by atoms with Crippen LogP contribution >= 0.6 is 12.4 Å². The van der Waals surface area contributed by atoms with Gasteiger partial charge in [-0.05, 0) is 34.0 Å². The molecule has 1 aliphatic rings. The summed E-state index contributed by atoms with van der Waals surface area (Å²) in [4.78, 5) is 21.2. The summed E-state index contributed by atoms with van der Waals surface area (Å²) >= 11 is 0. The number of hydrogen-bond donors (Lipinski definition) is 1. The van der Waals surface area contributed by atoms with Gasteiger partial charge in [0.05, 0.1) is 6.01 Å². The third-order valence-electron chi connectivity index (χ3n) is 2.51. The van der Waals surface area contributed by atoms with Gasteiger partial charge in [0.15, 0.2) is 0 Å².